The van der Waals surface area contributed by atoms with E-state index < -0.39 is 51.1 Å². The van der Waals surface area contributed by atoms with Crippen LogP contribution in [-0.4, -0.2) is 49.9 Å². The third-order valence-corrected chi connectivity index (χ3v) is 9.76. The van der Waals surface area contributed by atoms with Crippen LogP contribution in [0.25, 0.3) is 0 Å². The number of aliphatic carboxylic acids is 1. The second-order valence-electron chi connectivity index (χ2n) is 13.7. The molecule has 0 spiro atoms. The first-order chi connectivity index (χ1) is 24.1. The maximum absolute atomic E-state index is 12.5. The van der Waals surface area contributed by atoms with E-state index in [0.29, 0.717) is 12.8 Å². The number of carbonyl (C=O) groups is 3. The fraction of sp³-hybridized carbons (Fsp3) is 0.921. The van der Waals surface area contributed by atoms with Crippen molar-refractivity contribution >= 4 is 25.7 Å². The number of rotatable bonds is 38. The van der Waals surface area contributed by atoms with Gasteiger partial charge in [-0.2, -0.15) is 0 Å². The number of nitrogens with two attached hydrogens (primary N) is 1. The average molecular weight is 734 g/mol. The molecule has 1 unspecified atom stereocenters. The predicted octanol–water partition coefficient (Wildman–Crippen LogP) is 7.98. The fourth-order valence-electron chi connectivity index (χ4n) is 5.64. The van der Waals surface area contributed by atoms with Crippen LogP contribution in [0.3, 0.4) is 0 Å². The molecule has 11 nitrogen and oxygen atoms in total. The highest BCUT2D eigenvalue weighted by atomic mass is 31.2. The molecule has 2 N–H and O–H groups in total. The number of ether oxygens (including phenoxy) is 2. The van der Waals surface area contributed by atoms with Crippen molar-refractivity contribution in [3.8, 4) is 0 Å². The first-order valence-corrected chi connectivity index (χ1v) is 21.5. The van der Waals surface area contributed by atoms with Crippen molar-refractivity contribution in [3.63, 3.8) is 0 Å². The fourth-order valence-corrected chi connectivity index (χ4v) is 6.41. The number of carboxylic acids is 1. The van der Waals surface area contributed by atoms with Gasteiger partial charge in [-0.05, 0) is 12.8 Å². The van der Waals surface area contributed by atoms with Gasteiger partial charge in [0.25, 0.3) is 7.82 Å². The summed E-state index contributed by atoms with van der Waals surface area (Å²) in [6, 6.07) is -1.67. The Bertz CT molecular complexity index is 875. The van der Waals surface area contributed by atoms with Crippen molar-refractivity contribution in [2.75, 3.05) is 19.8 Å². The summed E-state index contributed by atoms with van der Waals surface area (Å²) in [5.41, 5.74) is 5.23. The van der Waals surface area contributed by atoms with Gasteiger partial charge in [-0.3, -0.25) is 14.2 Å². The Labute approximate surface area is 304 Å². The van der Waals surface area contributed by atoms with Gasteiger partial charge in [-0.25, -0.2) is 0 Å². The predicted molar refractivity (Wildman–Crippen MR) is 194 cm³/mol. The molecule has 0 aromatic carbocycles. The van der Waals surface area contributed by atoms with Gasteiger partial charge >= 0.3 is 11.9 Å². The highest BCUT2D eigenvalue weighted by Crippen LogP contribution is 2.38. The van der Waals surface area contributed by atoms with E-state index in [-0.39, 0.29) is 19.4 Å². The van der Waals surface area contributed by atoms with Gasteiger partial charge in [0.1, 0.15) is 6.61 Å². The number of phosphoric acid groups is 1. The molecule has 0 radical (unpaired) electrons. The monoisotopic (exact) mass is 733 g/mol. The molecule has 0 saturated carbocycles. The van der Waals surface area contributed by atoms with Crippen LogP contribution >= 0.6 is 7.82 Å². The number of esters is 2. The zero-order valence-electron chi connectivity index (χ0n) is 31.7. The summed E-state index contributed by atoms with van der Waals surface area (Å²) >= 11 is 0. The summed E-state index contributed by atoms with van der Waals surface area (Å²) in [4.78, 5) is 47.8. The van der Waals surface area contributed by atoms with Crippen LogP contribution in [0.2, 0.25) is 0 Å². The van der Waals surface area contributed by atoms with Gasteiger partial charge in [-0.15, -0.1) is 0 Å². The lowest BCUT2D eigenvalue weighted by molar-refractivity contribution is -0.308. The largest absolute Gasteiger partial charge is 0.756 e. The second-order valence-corrected chi connectivity index (χ2v) is 15.2. The molecule has 12 heteroatoms. The summed E-state index contributed by atoms with van der Waals surface area (Å²) < 4.78 is 32.1. The number of carbonyl (C=O) groups excluding carboxylic acids is 3. The van der Waals surface area contributed by atoms with Crippen molar-refractivity contribution in [2.45, 2.75) is 206 Å². The Morgan fingerprint density at radius 3 is 1.26 bits per heavy atom. The van der Waals surface area contributed by atoms with E-state index in [4.69, 9.17) is 19.7 Å². The standard InChI is InChI=1S/C38H74NO10P/c1-3-5-7-9-11-13-15-17-19-21-23-25-27-29-36(40)46-31-34(32-47-50(44,45)48-33-35(39)38(42)43)49-37(41)30-28-26-24-22-20-18-16-14-12-10-8-6-4-2/h34-35H,3-33,39H2,1-2H3,(H,42,43)(H,44,45)/p-2/t34-,35+/m1/s1. The van der Waals surface area contributed by atoms with Crippen LogP contribution in [0.4, 0.5) is 0 Å². The summed E-state index contributed by atoms with van der Waals surface area (Å²) in [6.07, 6.45) is 29.9. The van der Waals surface area contributed by atoms with E-state index in [1.807, 2.05) is 0 Å². The molecule has 0 fully saturated rings. The number of phosphoric ester groups is 1. The average Bonchev–Trinajstić information content (AvgIpc) is 3.09. The molecule has 296 valence electrons. The maximum atomic E-state index is 12.5. The van der Waals surface area contributed by atoms with Gasteiger partial charge in [0.15, 0.2) is 6.10 Å². The lowest BCUT2D eigenvalue weighted by Gasteiger charge is -2.26. The molecular weight excluding hydrogens is 661 g/mol. The minimum Gasteiger partial charge on any atom is -0.756 e. The zero-order valence-corrected chi connectivity index (χ0v) is 32.6. The smallest absolute Gasteiger partial charge is 0.306 e. The van der Waals surface area contributed by atoms with Crippen molar-refractivity contribution in [2.24, 2.45) is 5.73 Å². The third-order valence-electron chi connectivity index (χ3n) is 8.83. The number of hydrogen-bond donors (Lipinski definition) is 1. The van der Waals surface area contributed by atoms with Gasteiger partial charge in [0.2, 0.25) is 0 Å². The quantitative estimate of drug-likeness (QED) is 0.0370. The lowest BCUT2D eigenvalue weighted by Crippen LogP contribution is -2.45. The molecule has 0 aliphatic heterocycles. The van der Waals surface area contributed by atoms with Crippen LogP contribution < -0.4 is 15.7 Å². The lowest BCUT2D eigenvalue weighted by atomic mass is 10.0. The van der Waals surface area contributed by atoms with Gasteiger partial charge in [0, 0.05) is 12.8 Å². The number of unbranched alkanes of at least 4 members (excludes halogenated alkanes) is 24. The van der Waals surface area contributed by atoms with Crippen LogP contribution in [0.1, 0.15) is 194 Å². The number of carboxylic acid groups (broad SMARTS) is 1. The molecule has 0 aromatic heterocycles. The van der Waals surface area contributed by atoms with Crippen molar-refractivity contribution in [1.82, 2.24) is 0 Å². The van der Waals surface area contributed by atoms with Gasteiger partial charge < -0.3 is 39.0 Å². The van der Waals surface area contributed by atoms with Crippen molar-refractivity contribution < 1.29 is 47.5 Å². The Hall–Kier alpha value is -1.52. The first-order valence-electron chi connectivity index (χ1n) is 20.0. The SMILES string of the molecule is CCCCCCCCCCCCCCCC(=O)OC[C@H](COP(=O)([O-])OC[C@H](N)C(=O)[O-])OC(=O)CCCCCCCCCCCCCCC. The molecule has 0 aliphatic rings. The van der Waals surface area contributed by atoms with Crippen molar-refractivity contribution in [3.05, 3.63) is 0 Å². The molecule has 50 heavy (non-hydrogen) atoms. The topological polar surface area (TPSA) is 177 Å². The highest BCUT2D eigenvalue weighted by Gasteiger charge is 2.21. The molecular formula is C38H72NO10P-2. The molecule has 0 saturated heterocycles. The first kappa shape index (κ1) is 48.5. The van der Waals surface area contributed by atoms with Crippen LogP contribution in [0, 0.1) is 0 Å². The second kappa shape index (κ2) is 34.6. The van der Waals surface area contributed by atoms with E-state index in [9.17, 15) is 28.9 Å². The van der Waals surface area contributed by atoms with Gasteiger partial charge in [-0.1, -0.05) is 168 Å². The number of hydrogen-bond acceptors (Lipinski definition) is 11. The van der Waals surface area contributed by atoms with E-state index >= 15 is 0 Å². The van der Waals surface area contributed by atoms with Gasteiger partial charge in [0.05, 0.1) is 25.2 Å². The molecule has 0 heterocycles. The minimum absolute atomic E-state index is 0.146. The molecule has 0 amide bonds. The molecule has 0 aromatic rings. The summed E-state index contributed by atoms with van der Waals surface area (Å²) in [7, 11) is -4.98. The third kappa shape index (κ3) is 33.6. The Kier molecular flexibility index (Phi) is 33.5. The molecule has 0 aliphatic carbocycles. The molecule has 0 bridgehead atoms. The molecule has 3 atom stereocenters. The van der Waals surface area contributed by atoms with E-state index in [2.05, 4.69) is 18.4 Å². The zero-order chi connectivity index (χ0) is 37.1. The van der Waals surface area contributed by atoms with E-state index in [0.717, 1.165) is 38.5 Å². The van der Waals surface area contributed by atoms with Crippen LogP contribution in [-0.2, 0) is 37.5 Å². The molecule has 0 rings (SSSR count). The highest BCUT2D eigenvalue weighted by molar-refractivity contribution is 7.45. The Morgan fingerprint density at radius 2 is 0.880 bits per heavy atom. The summed E-state index contributed by atoms with van der Waals surface area (Å²) in [5.74, 6) is -2.69. The van der Waals surface area contributed by atoms with E-state index in [1.165, 1.54) is 116 Å². The Balaban J connectivity index is 4.38. The van der Waals surface area contributed by atoms with E-state index in [1.54, 1.807) is 0 Å². The maximum Gasteiger partial charge on any atom is 0.306 e. The minimum atomic E-state index is -4.98. The van der Waals surface area contributed by atoms with Crippen LogP contribution in [0.15, 0.2) is 0 Å². The normalized spacial score (nSPS) is 13.8. The van der Waals surface area contributed by atoms with Crippen molar-refractivity contribution in [1.29, 1.82) is 0 Å². The summed E-state index contributed by atoms with van der Waals surface area (Å²) in [6.45, 7) is 2.56. The Morgan fingerprint density at radius 1 is 0.540 bits per heavy atom. The summed E-state index contributed by atoms with van der Waals surface area (Å²) in [5, 5.41) is 10.7. The van der Waals surface area contributed by atoms with Crippen LogP contribution in [0.5, 0.6) is 0 Å².